The summed E-state index contributed by atoms with van der Waals surface area (Å²) < 4.78 is 0.979. The van der Waals surface area contributed by atoms with Crippen LogP contribution in [0.4, 0.5) is 17.1 Å². The number of halogens is 1. The average Bonchev–Trinajstić information content (AvgIpc) is 2.59. The minimum atomic E-state index is -0.230. The minimum absolute atomic E-state index is 0.230. The maximum Gasteiger partial charge on any atom is 0.274 e. The van der Waals surface area contributed by atoms with Crippen molar-refractivity contribution < 1.29 is 4.79 Å². The number of amides is 1. The number of aromatic nitrogens is 1. The van der Waals surface area contributed by atoms with E-state index in [9.17, 15) is 4.79 Å². The molecule has 0 radical (unpaired) electrons. The Morgan fingerprint density at radius 2 is 1.79 bits per heavy atom. The Morgan fingerprint density at radius 3 is 2.46 bits per heavy atom. The van der Waals surface area contributed by atoms with Crippen LogP contribution in [0.25, 0.3) is 0 Å². The fourth-order valence-corrected chi connectivity index (χ4v) is 2.72. The first-order chi connectivity index (χ1) is 11.6. The van der Waals surface area contributed by atoms with Gasteiger partial charge in [-0.1, -0.05) is 34.1 Å². The average molecular weight is 382 g/mol. The molecule has 1 amide bonds. The number of rotatable bonds is 4. The SMILES string of the molecule is Cc1cc(Br)ccc1NC(=O)c1ccc(Nc2ccccc2)cn1. The zero-order chi connectivity index (χ0) is 16.9. The lowest BCUT2D eigenvalue weighted by Crippen LogP contribution is -2.14. The molecule has 0 atom stereocenters. The summed E-state index contributed by atoms with van der Waals surface area (Å²) in [6, 6.07) is 19.1. The lowest BCUT2D eigenvalue weighted by atomic mass is 10.2. The molecule has 0 unspecified atom stereocenters. The van der Waals surface area contributed by atoms with Crippen LogP contribution in [0.3, 0.4) is 0 Å². The Kier molecular flexibility index (Phi) is 4.91. The van der Waals surface area contributed by atoms with Gasteiger partial charge in [0.2, 0.25) is 0 Å². The second-order valence-electron chi connectivity index (χ2n) is 5.34. The Labute approximate surface area is 149 Å². The van der Waals surface area contributed by atoms with Crippen LogP contribution in [0.15, 0.2) is 71.3 Å². The van der Waals surface area contributed by atoms with Gasteiger partial charge in [-0.3, -0.25) is 4.79 Å². The highest BCUT2D eigenvalue weighted by molar-refractivity contribution is 9.10. The molecule has 0 aliphatic heterocycles. The summed E-state index contributed by atoms with van der Waals surface area (Å²) in [4.78, 5) is 16.5. The van der Waals surface area contributed by atoms with Gasteiger partial charge in [0, 0.05) is 15.8 Å². The first kappa shape index (κ1) is 16.2. The second-order valence-corrected chi connectivity index (χ2v) is 6.25. The number of pyridine rings is 1. The zero-order valence-electron chi connectivity index (χ0n) is 13.1. The molecule has 0 bridgehead atoms. The molecule has 2 N–H and O–H groups in total. The van der Waals surface area contributed by atoms with Crippen molar-refractivity contribution in [1.82, 2.24) is 4.98 Å². The molecule has 1 heterocycles. The van der Waals surface area contributed by atoms with Crippen molar-refractivity contribution in [3.63, 3.8) is 0 Å². The van der Waals surface area contributed by atoms with Gasteiger partial charge in [-0.25, -0.2) is 4.98 Å². The van der Waals surface area contributed by atoms with Crippen LogP contribution in [0, 0.1) is 6.92 Å². The topological polar surface area (TPSA) is 54.0 Å². The van der Waals surface area contributed by atoms with E-state index in [1.54, 1.807) is 12.3 Å². The molecule has 120 valence electrons. The third kappa shape index (κ3) is 4.00. The Morgan fingerprint density at radius 1 is 1.00 bits per heavy atom. The van der Waals surface area contributed by atoms with Crippen molar-refractivity contribution in [1.29, 1.82) is 0 Å². The van der Waals surface area contributed by atoms with E-state index in [1.807, 2.05) is 61.5 Å². The smallest absolute Gasteiger partial charge is 0.274 e. The summed E-state index contributed by atoms with van der Waals surface area (Å²) in [6.07, 6.45) is 1.65. The largest absolute Gasteiger partial charge is 0.354 e. The van der Waals surface area contributed by atoms with Crippen LogP contribution < -0.4 is 10.6 Å². The molecule has 0 fully saturated rings. The van der Waals surface area contributed by atoms with Crippen LogP contribution in [0.2, 0.25) is 0 Å². The normalized spacial score (nSPS) is 10.2. The summed E-state index contributed by atoms with van der Waals surface area (Å²) in [5.74, 6) is -0.230. The van der Waals surface area contributed by atoms with Crippen molar-refractivity contribution in [2.75, 3.05) is 10.6 Å². The van der Waals surface area contributed by atoms with Gasteiger partial charge < -0.3 is 10.6 Å². The van der Waals surface area contributed by atoms with Crippen LogP contribution in [-0.4, -0.2) is 10.9 Å². The van der Waals surface area contributed by atoms with Crippen LogP contribution >= 0.6 is 15.9 Å². The molecule has 0 saturated carbocycles. The van der Waals surface area contributed by atoms with E-state index in [0.29, 0.717) is 5.69 Å². The van der Waals surface area contributed by atoms with E-state index in [4.69, 9.17) is 0 Å². The van der Waals surface area contributed by atoms with Gasteiger partial charge in [-0.15, -0.1) is 0 Å². The minimum Gasteiger partial charge on any atom is -0.354 e. The fourth-order valence-electron chi connectivity index (χ4n) is 2.24. The fraction of sp³-hybridized carbons (Fsp3) is 0.0526. The van der Waals surface area contributed by atoms with Gasteiger partial charge in [0.05, 0.1) is 11.9 Å². The Bertz CT molecular complexity index is 848. The summed E-state index contributed by atoms with van der Waals surface area (Å²) in [7, 11) is 0. The standard InChI is InChI=1S/C19H16BrN3O/c1-13-11-14(20)7-9-17(13)23-19(24)18-10-8-16(12-21-18)22-15-5-3-2-4-6-15/h2-12,22H,1H3,(H,23,24). The number of hydrogen-bond acceptors (Lipinski definition) is 3. The van der Waals surface area contributed by atoms with Gasteiger partial charge in [0.15, 0.2) is 0 Å². The number of anilines is 3. The highest BCUT2D eigenvalue weighted by Gasteiger charge is 2.09. The number of nitrogens with zero attached hydrogens (tertiary/aromatic N) is 1. The maximum atomic E-state index is 12.3. The highest BCUT2D eigenvalue weighted by Crippen LogP contribution is 2.21. The van der Waals surface area contributed by atoms with E-state index >= 15 is 0 Å². The lowest BCUT2D eigenvalue weighted by Gasteiger charge is -2.09. The molecule has 2 aromatic carbocycles. The molecule has 4 nitrogen and oxygen atoms in total. The van der Waals surface area contributed by atoms with Crippen molar-refractivity contribution in [3.8, 4) is 0 Å². The molecule has 5 heteroatoms. The van der Waals surface area contributed by atoms with Crippen molar-refractivity contribution in [2.24, 2.45) is 0 Å². The number of carbonyl (C=O) groups is 1. The van der Waals surface area contributed by atoms with Gasteiger partial charge in [-0.2, -0.15) is 0 Å². The first-order valence-corrected chi connectivity index (χ1v) is 8.27. The van der Waals surface area contributed by atoms with E-state index < -0.39 is 0 Å². The highest BCUT2D eigenvalue weighted by atomic mass is 79.9. The molecule has 0 saturated heterocycles. The molecule has 3 rings (SSSR count). The van der Waals surface area contributed by atoms with Crippen LogP contribution in [0.5, 0.6) is 0 Å². The van der Waals surface area contributed by atoms with Crippen molar-refractivity contribution >= 4 is 38.9 Å². The number of carbonyl (C=O) groups excluding carboxylic acids is 1. The van der Waals surface area contributed by atoms with Crippen molar-refractivity contribution in [2.45, 2.75) is 6.92 Å². The van der Waals surface area contributed by atoms with Gasteiger partial charge in [-0.05, 0) is 55.0 Å². The van der Waals surface area contributed by atoms with Gasteiger partial charge in [0.1, 0.15) is 5.69 Å². The molecule has 0 aliphatic rings. The number of para-hydroxylation sites is 1. The maximum absolute atomic E-state index is 12.3. The molecule has 0 aliphatic carbocycles. The predicted octanol–water partition coefficient (Wildman–Crippen LogP) is 5.15. The van der Waals surface area contributed by atoms with E-state index in [0.717, 1.165) is 27.1 Å². The lowest BCUT2D eigenvalue weighted by molar-refractivity contribution is 0.102. The summed E-state index contributed by atoms with van der Waals surface area (Å²) in [5.41, 5.74) is 3.94. The van der Waals surface area contributed by atoms with E-state index in [-0.39, 0.29) is 5.91 Å². The third-order valence-corrected chi connectivity index (χ3v) is 3.99. The number of benzene rings is 2. The summed E-state index contributed by atoms with van der Waals surface area (Å²) in [6.45, 7) is 1.95. The molecule has 3 aromatic rings. The number of nitrogens with one attached hydrogen (secondary N) is 2. The summed E-state index contributed by atoms with van der Waals surface area (Å²) in [5, 5.41) is 6.12. The van der Waals surface area contributed by atoms with E-state index in [2.05, 4.69) is 31.5 Å². The molecule has 24 heavy (non-hydrogen) atoms. The molecular formula is C19H16BrN3O. The summed E-state index contributed by atoms with van der Waals surface area (Å²) >= 11 is 3.41. The number of hydrogen-bond donors (Lipinski definition) is 2. The predicted molar refractivity (Wildman–Crippen MR) is 101 cm³/mol. The van der Waals surface area contributed by atoms with Gasteiger partial charge >= 0.3 is 0 Å². The Balaban J connectivity index is 1.69. The monoisotopic (exact) mass is 381 g/mol. The molecule has 1 aromatic heterocycles. The van der Waals surface area contributed by atoms with Crippen LogP contribution in [0.1, 0.15) is 16.1 Å². The number of aryl methyl sites for hydroxylation is 1. The first-order valence-electron chi connectivity index (χ1n) is 7.47. The third-order valence-electron chi connectivity index (χ3n) is 3.50. The second kappa shape index (κ2) is 7.27. The quantitative estimate of drug-likeness (QED) is 0.656. The molecular weight excluding hydrogens is 366 g/mol. The zero-order valence-corrected chi connectivity index (χ0v) is 14.7. The Hall–Kier alpha value is -2.66. The molecule has 0 spiro atoms. The van der Waals surface area contributed by atoms with Gasteiger partial charge in [0.25, 0.3) is 5.91 Å². The van der Waals surface area contributed by atoms with Crippen LogP contribution in [-0.2, 0) is 0 Å². The van der Waals surface area contributed by atoms with Crippen molar-refractivity contribution in [3.05, 3.63) is 82.6 Å². The van der Waals surface area contributed by atoms with E-state index in [1.165, 1.54) is 0 Å².